The van der Waals surface area contributed by atoms with Crippen LogP contribution < -0.4 is 5.73 Å². The van der Waals surface area contributed by atoms with E-state index >= 15 is 0 Å². The first-order chi connectivity index (χ1) is 25.4. The van der Waals surface area contributed by atoms with Crippen LogP contribution in [0.25, 0.3) is 0 Å². The smallest absolute Gasteiger partial charge is 0.457 e. The third-order valence-electron chi connectivity index (χ3n) is 8.14. The minimum atomic E-state index is -4.27. The maximum Gasteiger partial charge on any atom is 0.472 e. The van der Waals surface area contributed by atoms with Crippen LogP contribution in [0.1, 0.15) is 155 Å². The Morgan fingerprint density at radius 1 is 0.596 bits per heavy atom. The van der Waals surface area contributed by atoms with Gasteiger partial charge in [-0.3, -0.25) is 13.8 Å². The van der Waals surface area contributed by atoms with Crippen LogP contribution in [0.3, 0.4) is 0 Å². The van der Waals surface area contributed by atoms with Crippen molar-refractivity contribution in [3.05, 3.63) is 72.9 Å². The number of carbonyl (C=O) groups excluding carboxylic acids is 1. The van der Waals surface area contributed by atoms with Crippen molar-refractivity contribution in [3.63, 3.8) is 0 Å². The van der Waals surface area contributed by atoms with E-state index in [0.717, 1.165) is 83.5 Å². The Kier molecular flexibility index (Phi) is 38.5. The van der Waals surface area contributed by atoms with Crippen LogP contribution in [-0.2, 0) is 27.9 Å². The summed E-state index contributed by atoms with van der Waals surface area (Å²) >= 11 is 0. The quantitative estimate of drug-likeness (QED) is 0.0277. The lowest BCUT2D eigenvalue weighted by Gasteiger charge is -2.20. The molecule has 0 aromatic heterocycles. The van der Waals surface area contributed by atoms with Gasteiger partial charge >= 0.3 is 13.8 Å². The summed E-state index contributed by atoms with van der Waals surface area (Å²) < 4.78 is 33.2. The second-order valence-corrected chi connectivity index (χ2v) is 14.6. The molecular formula is C43H76NO7P. The summed E-state index contributed by atoms with van der Waals surface area (Å²) in [4.78, 5) is 22.4. The van der Waals surface area contributed by atoms with Crippen molar-refractivity contribution < 1.29 is 32.8 Å². The summed E-state index contributed by atoms with van der Waals surface area (Å²) in [6.07, 6.45) is 49.2. The summed E-state index contributed by atoms with van der Waals surface area (Å²) in [7, 11) is -4.27. The van der Waals surface area contributed by atoms with Gasteiger partial charge in [-0.15, -0.1) is 0 Å². The number of nitrogens with two attached hydrogens (primary N) is 1. The molecule has 0 spiro atoms. The highest BCUT2D eigenvalue weighted by Crippen LogP contribution is 2.43. The Labute approximate surface area is 318 Å². The van der Waals surface area contributed by atoms with E-state index in [4.69, 9.17) is 24.3 Å². The number of hydrogen-bond donors (Lipinski definition) is 2. The van der Waals surface area contributed by atoms with Crippen LogP contribution in [0.5, 0.6) is 0 Å². The molecule has 0 heterocycles. The first-order valence-electron chi connectivity index (χ1n) is 20.4. The maximum absolute atomic E-state index is 12.5. The fourth-order valence-electron chi connectivity index (χ4n) is 5.17. The molecule has 0 aromatic carbocycles. The highest BCUT2D eigenvalue weighted by Gasteiger charge is 2.25. The Bertz CT molecular complexity index is 1020. The number of phosphoric acid groups is 1. The number of ether oxygens (including phenoxy) is 2. The van der Waals surface area contributed by atoms with Crippen molar-refractivity contribution in [3.8, 4) is 0 Å². The van der Waals surface area contributed by atoms with E-state index < -0.39 is 13.9 Å². The standard InChI is InChI=1S/C43H76NO7P/c1-3-5-7-9-11-13-14-15-16-17-18-19-20-21-22-23-24-25-26-27-28-29-30-32-34-36-43(45)51-42(41-50-52(46,47)49-39-37-44)40-48-38-35-33-31-12-10-8-6-4-2/h5,7,11,13,15-16,18-19,21-22,24-25,42H,3-4,6,8-10,12,14,17,20,23,26-41,44H2,1-2H3,(H,46,47)/b7-5-,13-11-,16-15-,19-18-,22-21-,25-24-. The molecule has 3 N–H and O–H groups in total. The van der Waals surface area contributed by atoms with Gasteiger partial charge in [0.25, 0.3) is 0 Å². The third-order valence-corrected chi connectivity index (χ3v) is 9.12. The largest absolute Gasteiger partial charge is 0.472 e. The van der Waals surface area contributed by atoms with Gasteiger partial charge in [0.05, 0.1) is 19.8 Å². The summed E-state index contributed by atoms with van der Waals surface area (Å²) in [5.41, 5.74) is 5.35. The van der Waals surface area contributed by atoms with Crippen molar-refractivity contribution in [2.45, 2.75) is 161 Å². The van der Waals surface area contributed by atoms with Gasteiger partial charge in [-0.2, -0.15) is 0 Å². The van der Waals surface area contributed by atoms with Crippen LogP contribution >= 0.6 is 7.82 Å². The third kappa shape index (κ3) is 39.2. The van der Waals surface area contributed by atoms with Crippen LogP contribution in [-0.4, -0.2) is 49.9 Å². The summed E-state index contributed by atoms with van der Waals surface area (Å²) in [5, 5.41) is 0. The second kappa shape index (κ2) is 40.1. The molecule has 52 heavy (non-hydrogen) atoms. The Morgan fingerprint density at radius 2 is 1.08 bits per heavy atom. The van der Waals surface area contributed by atoms with Crippen molar-refractivity contribution in [1.29, 1.82) is 0 Å². The van der Waals surface area contributed by atoms with Crippen LogP contribution in [0, 0.1) is 0 Å². The molecule has 0 saturated carbocycles. The molecule has 0 aliphatic rings. The fourth-order valence-corrected chi connectivity index (χ4v) is 5.94. The van der Waals surface area contributed by atoms with E-state index in [2.05, 4.69) is 86.8 Å². The topological polar surface area (TPSA) is 117 Å². The highest BCUT2D eigenvalue weighted by atomic mass is 31.2. The number of hydrogen-bond acceptors (Lipinski definition) is 7. The number of carbonyl (C=O) groups is 1. The SMILES string of the molecule is CC/C=C\C/C=C\C/C=C\C/C=C\C/C=C\C/C=C\CCCCCCCCC(=O)OC(COCCCCCCCCCC)COP(=O)(O)OCCN. The number of unbranched alkanes of at least 4 members (excludes halogenated alkanes) is 13. The van der Waals surface area contributed by atoms with Crippen LogP contribution in [0.2, 0.25) is 0 Å². The van der Waals surface area contributed by atoms with Crippen molar-refractivity contribution >= 4 is 13.8 Å². The summed E-state index contributed by atoms with van der Waals surface area (Å²) in [6, 6.07) is 0. The highest BCUT2D eigenvalue weighted by molar-refractivity contribution is 7.47. The van der Waals surface area contributed by atoms with Gasteiger partial charge in [0.2, 0.25) is 0 Å². The number of allylic oxidation sites excluding steroid dienone is 12. The molecule has 0 aliphatic heterocycles. The van der Waals surface area contributed by atoms with Crippen molar-refractivity contribution in [2.24, 2.45) is 5.73 Å². The second-order valence-electron chi connectivity index (χ2n) is 13.1. The van der Waals surface area contributed by atoms with E-state index in [9.17, 15) is 14.3 Å². The molecule has 8 nitrogen and oxygen atoms in total. The zero-order chi connectivity index (χ0) is 38.1. The lowest BCUT2D eigenvalue weighted by atomic mass is 10.1. The van der Waals surface area contributed by atoms with E-state index in [1.54, 1.807) is 0 Å². The zero-order valence-electron chi connectivity index (χ0n) is 33.0. The first kappa shape index (κ1) is 49.9. The van der Waals surface area contributed by atoms with E-state index in [1.165, 1.54) is 51.4 Å². The van der Waals surface area contributed by atoms with Gasteiger partial charge in [-0.25, -0.2) is 4.57 Å². The van der Waals surface area contributed by atoms with E-state index in [-0.39, 0.29) is 32.3 Å². The van der Waals surface area contributed by atoms with Crippen LogP contribution in [0.15, 0.2) is 72.9 Å². The van der Waals surface area contributed by atoms with Crippen molar-refractivity contribution in [2.75, 3.05) is 33.0 Å². The average molecular weight is 750 g/mol. The predicted octanol–water partition coefficient (Wildman–Crippen LogP) is 12.0. The monoisotopic (exact) mass is 750 g/mol. The fraction of sp³-hybridized carbons (Fsp3) is 0.698. The van der Waals surface area contributed by atoms with Crippen molar-refractivity contribution in [1.82, 2.24) is 0 Å². The lowest BCUT2D eigenvalue weighted by Crippen LogP contribution is -2.28. The molecule has 0 aromatic rings. The first-order valence-corrected chi connectivity index (χ1v) is 21.9. The molecule has 2 atom stereocenters. The molecule has 9 heteroatoms. The minimum absolute atomic E-state index is 0.0948. The molecule has 0 saturated heterocycles. The average Bonchev–Trinajstić information content (AvgIpc) is 3.13. The minimum Gasteiger partial charge on any atom is -0.457 e. The molecule has 2 unspecified atom stereocenters. The lowest BCUT2D eigenvalue weighted by molar-refractivity contribution is -0.154. The van der Waals surface area contributed by atoms with Gasteiger partial charge in [-0.1, -0.05) is 157 Å². The Balaban J connectivity index is 4.01. The van der Waals surface area contributed by atoms with Gasteiger partial charge in [-0.05, 0) is 64.2 Å². The Morgan fingerprint density at radius 3 is 1.62 bits per heavy atom. The molecule has 300 valence electrons. The van der Waals surface area contributed by atoms with Crippen LogP contribution in [0.4, 0.5) is 0 Å². The van der Waals surface area contributed by atoms with Gasteiger partial charge in [0, 0.05) is 19.6 Å². The van der Waals surface area contributed by atoms with Gasteiger partial charge in [0.15, 0.2) is 0 Å². The van der Waals surface area contributed by atoms with E-state index in [0.29, 0.717) is 13.0 Å². The van der Waals surface area contributed by atoms with Gasteiger partial charge < -0.3 is 20.1 Å². The molecule has 0 aliphatic carbocycles. The zero-order valence-corrected chi connectivity index (χ0v) is 33.9. The molecular weight excluding hydrogens is 673 g/mol. The normalized spacial score (nSPS) is 14.3. The summed E-state index contributed by atoms with van der Waals surface area (Å²) in [5.74, 6) is -0.349. The molecule has 0 amide bonds. The number of rotatable bonds is 38. The maximum atomic E-state index is 12.5. The Hall–Kier alpha value is -2.06. The summed E-state index contributed by atoms with van der Waals surface area (Å²) in [6.45, 7) is 4.74. The predicted molar refractivity (Wildman–Crippen MR) is 219 cm³/mol. The number of phosphoric ester groups is 1. The van der Waals surface area contributed by atoms with E-state index in [1.807, 2.05) is 0 Å². The van der Waals surface area contributed by atoms with Gasteiger partial charge in [0.1, 0.15) is 6.10 Å². The molecule has 0 rings (SSSR count). The number of esters is 1. The molecule has 0 fully saturated rings. The molecule has 0 bridgehead atoms. The molecule has 0 radical (unpaired) electrons.